The van der Waals surface area contributed by atoms with Crippen molar-refractivity contribution in [2.75, 3.05) is 32.8 Å². The molecule has 1 aromatic rings. The maximum Gasteiger partial charge on any atom is 0.220 e. The summed E-state index contributed by atoms with van der Waals surface area (Å²) < 4.78 is 5.41. The molecule has 5 heteroatoms. The number of carbonyl (C=O) groups is 1. The first-order chi connectivity index (χ1) is 11.1. The zero-order chi connectivity index (χ0) is 16.7. The van der Waals surface area contributed by atoms with E-state index < -0.39 is 0 Å². The van der Waals surface area contributed by atoms with Crippen molar-refractivity contribution in [2.45, 2.75) is 32.7 Å². The maximum absolute atomic E-state index is 12.1. The first kappa shape index (κ1) is 18.2. The van der Waals surface area contributed by atoms with Crippen molar-refractivity contribution in [2.24, 2.45) is 5.92 Å². The smallest absolute Gasteiger partial charge is 0.220 e. The quantitative estimate of drug-likeness (QED) is 0.831. The van der Waals surface area contributed by atoms with Gasteiger partial charge in [-0.05, 0) is 24.0 Å². The van der Waals surface area contributed by atoms with E-state index in [4.69, 9.17) is 16.3 Å². The van der Waals surface area contributed by atoms with Crippen LogP contribution in [-0.4, -0.2) is 49.7 Å². The molecule has 0 bridgehead atoms. The van der Waals surface area contributed by atoms with E-state index in [2.05, 4.69) is 24.1 Å². The van der Waals surface area contributed by atoms with Crippen molar-refractivity contribution in [3.63, 3.8) is 0 Å². The average Bonchev–Trinajstić information content (AvgIpc) is 2.55. The molecule has 1 fully saturated rings. The molecule has 0 aliphatic carbocycles. The molecule has 23 heavy (non-hydrogen) atoms. The highest BCUT2D eigenvalue weighted by molar-refractivity contribution is 6.31. The maximum atomic E-state index is 12.1. The van der Waals surface area contributed by atoms with Crippen LogP contribution in [0.5, 0.6) is 0 Å². The van der Waals surface area contributed by atoms with Gasteiger partial charge in [-0.2, -0.15) is 0 Å². The van der Waals surface area contributed by atoms with Crippen LogP contribution < -0.4 is 5.32 Å². The second-order valence-corrected chi connectivity index (χ2v) is 6.76. The molecule has 1 heterocycles. The molecule has 0 saturated carbocycles. The van der Waals surface area contributed by atoms with Crippen molar-refractivity contribution < 1.29 is 9.53 Å². The molecule has 1 saturated heterocycles. The molecular formula is C18H27ClN2O2. The van der Waals surface area contributed by atoms with E-state index >= 15 is 0 Å². The van der Waals surface area contributed by atoms with Gasteiger partial charge in [-0.25, -0.2) is 0 Å². The van der Waals surface area contributed by atoms with Gasteiger partial charge in [0.1, 0.15) is 0 Å². The Morgan fingerprint density at radius 1 is 1.30 bits per heavy atom. The van der Waals surface area contributed by atoms with Crippen LogP contribution >= 0.6 is 11.6 Å². The highest BCUT2D eigenvalue weighted by Crippen LogP contribution is 2.16. The lowest BCUT2D eigenvalue weighted by Gasteiger charge is -2.36. The third kappa shape index (κ3) is 5.79. The molecule has 1 N–H and O–H groups in total. The molecule has 0 spiro atoms. The SMILES string of the molecule is CC(C)C(CNC(=O)CCc1ccccc1Cl)N1CCOCC1. The number of hydrogen-bond acceptors (Lipinski definition) is 3. The second kappa shape index (κ2) is 9.26. The van der Waals surface area contributed by atoms with Gasteiger partial charge >= 0.3 is 0 Å². The van der Waals surface area contributed by atoms with Gasteiger partial charge in [0.25, 0.3) is 0 Å². The van der Waals surface area contributed by atoms with Gasteiger partial charge in [0.2, 0.25) is 5.91 Å². The van der Waals surface area contributed by atoms with E-state index in [1.165, 1.54) is 0 Å². The first-order valence-corrected chi connectivity index (χ1v) is 8.77. The average molecular weight is 339 g/mol. The number of hydrogen-bond donors (Lipinski definition) is 1. The van der Waals surface area contributed by atoms with Crippen molar-refractivity contribution in [3.8, 4) is 0 Å². The molecule has 1 aliphatic rings. The molecule has 4 nitrogen and oxygen atoms in total. The van der Waals surface area contributed by atoms with E-state index in [1.807, 2.05) is 24.3 Å². The van der Waals surface area contributed by atoms with Crippen LogP contribution in [0.25, 0.3) is 0 Å². The number of ether oxygens (including phenoxy) is 1. The molecule has 1 amide bonds. The summed E-state index contributed by atoms with van der Waals surface area (Å²) in [6.07, 6.45) is 1.15. The predicted molar refractivity (Wildman–Crippen MR) is 93.8 cm³/mol. The minimum atomic E-state index is 0.0869. The Hall–Kier alpha value is -1.10. The Kier molecular flexibility index (Phi) is 7.34. The van der Waals surface area contributed by atoms with Crippen molar-refractivity contribution in [3.05, 3.63) is 34.9 Å². The molecule has 1 aliphatic heterocycles. The summed E-state index contributed by atoms with van der Waals surface area (Å²) in [6, 6.07) is 8.05. The number of aryl methyl sites for hydroxylation is 1. The molecular weight excluding hydrogens is 312 g/mol. The number of nitrogens with zero attached hydrogens (tertiary/aromatic N) is 1. The van der Waals surface area contributed by atoms with Crippen LogP contribution in [0.1, 0.15) is 25.8 Å². The topological polar surface area (TPSA) is 41.6 Å². The Bertz CT molecular complexity index is 502. The number of benzene rings is 1. The van der Waals surface area contributed by atoms with Gasteiger partial charge in [0.05, 0.1) is 13.2 Å². The highest BCUT2D eigenvalue weighted by atomic mass is 35.5. The molecule has 0 radical (unpaired) electrons. The lowest BCUT2D eigenvalue weighted by Crippen LogP contribution is -2.51. The normalized spacial score (nSPS) is 17.2. The zero-order valence-corrected chi connectivity index (χ0v) is 14.8. The Balaban J connectivity index is 1.78. The number of amides is 1. The minimum Gasteiger partial charge on any atom is -0.379 e. The van der Waals surface area contributed by atoms with E-state index in [0.29, 0.717) is 31.3 Å². The van der Waals surface area contributed by atoms with Crippen LogP contribution in [-0.2, 0) is 16.0 Å². The van der Waals surface area contributed by atoms with Gasteiger partial charge < -0.3 is 10.1 Å². The molecule has 1 unspecified atom stereocenters. The molecule has 1 atom stereocenters. The fourth-order valence-corrected chi connectivity index (χ4v) is 3.18. The molecule has 128 valence electrons. The standard InChI is InChI=1S/C18H27ClN2O2/c1-14(2)17(21-9-11-23-12-10-21)13-20-18(22)8-7-15-5-3-4-6-16(15)19/h3-6,14,17H,7-13H2,1-2H3,(H,20,22). The summed E-state index contributed by atoms with van der Waals surface area (Å²) in [5.41, 5.74) is 1.03. The van der Waals surface area contributed by atoms with Gasteiger partial charge in [-0.3, -0.25) is 9.69 Å². The van der Waals surface area contributed by atoms with E-state index in [1.54, 1.807) is 0 Å². The van der Waals surface area contributed by atoms with Crippen LogP contribution in [0.2, 0.25) is 5.02 Å². The molecule has 0 aromatic heterocycles. The summed E-state index contributed by atoms with van der Waals surface area (Å²) in [5, 5.41) is 3.82. The van der Waals surface area contributed by atoms with Gasteiger partial charge in [-0.15, -0.1) is 0 Å². The van der Waals surface area contributed by atoms with Crippen molar-refractivity contribution >= 4 is 17.5 Å². The lowest BCUT2D eigenvalue weighted by atomic mass is 10.0. The lowest BCUT2D eigenvalue weighted by molar-refractivity contribution is -0.121. The van der Waals surface area contributed by atoms with Crippen LogP contribution in [0, 0.1) is 5.92 Å². The second-order valence-electron chi connectivity index (χ2n) is 6.36. The summed E-state index contributed by atoms with van der Waals surface area (Å²) in [4.78, 5) is 14.6. The van der Waals surface area contributed by atoms with Gasteiger partial charge in [0.15, 0.2) is 0 Å². The first-order valence-electron chi connectivity index (χ1n) is 8.40. The van der Waals surface area contributed by atoms with Gasteiger partial charge in [0, 0.05) is 37.1 Å². The Morgan fingerprint density at radius 2 is 2.00 bits per heavy atom. The monoisotopic (exact) mass is 338 g/mol. The van der Waals surface area contributed by atoms with E-state index in [0.717, 1.165) is 36.9 Å². The zero-order valence-electron chi connectivity index (χ0n) is 14.1. The number of rotatable bonds is 7. The largest absolute Gasteiger partial charge is 0.379 e. The fourth-order valence-electron chi connectivity index (χ4n) is 2.95. The van der Waals surface area contributed by atoms with Crippen molar-refractivity contribution in [1.82, 2.24) is 10.2 Å². The molecule has 2 rings (SSSR count). The number of halogens is 1. The Labute approximate surface area is 144 Å². The Morgan fingerprint density at radius 3 is 2.65 bits per heavy atom. The van der Waals surface area contributed by atoms with Crippen LogP contribution in [0.4, 0.5) is 0 Å². The minimum absolute atomic E-state index is 0.0869. The predicted octanol–water partition coefficient (Wildman–Crippen LogP) is 2.75. The fraction of sp³-hybridized carbons (Fsp3) is 0.611. The third-order valence-corrected chi connectivity index (χ3v) is 4.74. The van der Waals surface area contributed by atoms with E-state index in [9.17, 15) is 4.79 Å². The van der Waals surface area contributed by atoms with Crippen molar-refractivity contribution in [1.29, 1.82) is 0 Å². The van der Waals surface area contributed by atoms with Gasteiger partial charge in [-0.1, -0.05) is 43.6 Å². The highest BCUT2D eigenvalue weighted by Gasteiger charge is 2.24. The number of morpholine rings is 1. The number of nitrogens with one attached hydrogen (secondary N) is 1. The molecule has 1 aromatic carbocycles. The van der Waals surface area contributed by atoms with Crippen LogP contribution in [0.3, 0.4) is 0 Å². The van der Waals surface area contributed by atoms with E-state index in [-0.39, 0.29) is 5.91 Å². The number of carbonyl (C=O) groups excluding carboxylic acids is 1. The summed E-state index contributed by atoms with van der Waals surface area (Å²) in [6.45, 7) is 8.55. The summed E-state index contributed by atoms with van der Waals surface area (Å²) in [7, 11) is 0. The summed E-state index contributed by atoms with van der Waals surface area (Å²) >= 11 is 6.13. The van der Waals surface area contributed by atoms with Crippen LogP contribution in [0.15, 0.2) is 24.3 Å². The third-order valence-electron chi connectivity index (χ3n) is 4.37. The summed E-state index contributed by atoms with van der Waals surface area (Å²) in [5.74, 6) is 0.584.